The van der Waals surface area contributed by atoms with Gasteiger partial charge in [0, 0.05) is 17.1 Å². The number of hydrogen-bond donors (Lipinski definition) is 1. The molecule has 0 radical (unpaired) electrons. The molecule has 0 saturated heterocycles. The van der Waals surface area contributed by atoms with E-state index in [0.29, 0.717) is 11.1 Å². The van der Waals surface area contributed by atoms with Gasteiger partial charge in [0.25, 0.3) is 0 Å². The number of hydrogen-bond acceptors (Lipinski definition) is 3. The highest BCUT2D eigenvalue weighted by molar-refractivity contribution is 7.15. The Morgan fingerprint density at radius 1 is 1.47 bits per heavy atom. The Balaban J connectivity index is 2.75. The molecule has 0 saturated carbocycles. The Bertz CT molecular complexity index is 484. The molecule has 0 amide bonds. The van der Waals surface area contributed by atoms with Crippen molar-refractivity contribution >= 4 is 27.9 Å². The van der Waals surface area contributed by atoms with Gasteiger partial charge in [0.2, 0.25) is 0 Å². The summed E-state index contributed by atoms with van der Waals surface area (Å²) < 4.78 is 2.09. The highest BCUT2D eigenvalue weighted by atomic mass is 35.5. The molecule has 0 bridgehead atoms. The molecule has 1 atom stereocenters. The molecule has 2 N–H and O–H groups in total. The Labute approximate surface area is 97.9 Å². The minimum absolute atomic E-state index is 0.0976. The van der Waals surface area contributed by atoms with Crippen LogP contribution in [0.4, 0.5) is 0 Å². The first-order valence-corrected chi connectivity index (χ1v) is 6.19. The zero-order valence-corrected chi connectivity index (χ0v) is 10.6. The Morgan fingerprint density at radius 2 is 2.13 bits per heavy atom. The van der Waals surface area contributed by atoms with Gasteiger partial charge in [-0.15, -0.1) is 11.3 Å². The summed E-state index contributed by atoms with van der Waals surface area (Å²) in [4.78, 5) is 5.23. The van der Waals surface area contributed by atoms with Crippen LogP contribution >= 0.6 is 22.9 Å². The van der Waals surface area contributed by atoms with Crippen LogP contribution in [0, 0.1) is 0 Å². The molecule has 0 aromatic carbocycles. The number of nitrogens with zero attached hydrogens (tertiary/aromatic N) is 2. The summed E-state index contributed by atoms with van der Waals surface area (Å²) in [7, 11) is 0. The molecule has 0 aliphatic rings. The van der Waals surface area contributed by atoms with Gasteiger partial charge in [-0.1, -0.05) is 25.4 Å². The van der Waals surface area contributed by atoms with Crippen molar-refractivity contribution < 1.29 is 0 Å². The summed E-state index contributed by atoms with van der Waals surface area (Å²) in [6.07, 6.45) is 0. The van der Waals surface area contributed by atoms with E-state index in [1.54, 1.807) is 11.3 Å². The Kier molecular flexibility index (Phi) is 2.75. The van der Waals surface area contributed by atoms with Gasteiger partial charge in [0.15, 0.2) is 10.1 Å². The minimum Gasteiger partial charge on any atom is -0.323 e. The lowest BCUT2D eigenvalue weighted by Crippen LogP contribution is -2.10. The lowest BCUT2D eigenvalue weighted by Gasteiger charge is -2.09. The van der Waals surface area contributed by atoms with Gasteiger partial charge in [0.1, 0.15) is 0 Å². The SMILES string of the molecule is CC(C)c1csc2nc(Cl)c(C(C)N)n12. The number of aromatic nitrogens is 2. The van der Waals surface area contributed by atoms with Crippen molar-refractivity contribution in [3.05, 3.63) is 21.9 Å². The third-order valence-electron chi connectivity index (χ3n) is 2.40. The van der Waals surface area contributed by atoms with Crippen LogP contribution in [0.25, 0.3) is 4.96 Å². The first kappa shape index (κ1) is 10.9. The van der Waals surface area contributed by atoms with E-state index in [2.05, 4.69) is 28.6 Å². The number of imidazole rings is 1. The maximum absolute atomic E-state index is 6.08. The number of nitrogens with two attached hydrogens (primary N) is 1. The molecule has 2 heterocycles. The molecule has 2 aromatic rings. The first-order valence-electron chi connectivity index (χ1n) is 4.93. The standard InChI is InChI=1S/C10H14ClN3S/c1-5(2)7-4-15-10-13-9(11)8(6(3)12)14(7)10/h4-6H,12H2,1-3H3. The maximum Gasteiger partial charge on any atom is 0.195 e. The monoisotopic (exact) mass is 243 g/mol. The van der Waals surface area contributed by atoms with E-state index >= 15 is 0 Å². The predicted molar refractivity (Wildman–Crippen MR) is 64.8 cm³/mol. The summed E-state index contributed by atoms with van der Waals surface area (Å²) in [5.74, 6) is 0.446. The van der Waals surface area contributed by atoms with Crippen molar-refractivity contribution in [1.82, 2.24) is 9.38 Å². The number of halogens is 1. The van der Waals surface area contributed by atoms with Crippen molar-refractivity contribution in [2.45, 2.75) is 32.7 Å². The van der Waals surface area contributed by atoms with Crippen LogP contribution in [0.2, 0.25) is 5.15 Å². The molecule has 3 nitrogen and oxygen atoms in total. The predicted octanol–water partition coefficient (Wildman–Crippen LogP) is 3.19. The third kappa shape index (κ3) is 1.67. The lowest BCUT2D eigenvalue weighted by atomic mass is 10.1. The van der Waals surface area contributed by atoms with Crippen LogP contribution in [0.3, 0.4) is 0 Å². The van der Waals surface area contributed by atoms with Crippen LogP contribution in [0.15, 0.2) is 5.38 Å². The molecular weight excluding hydrogens is 230 g/mol. The molecule has 5 heteroatoms. The molecule has 2 aromatic heterocycles. The molecule has 1 unspecified atom stereocenters. The van der Waals surface area contributed by atoms with Crippen molar-refractivity contribution in [3.63, 3.8) is 0 Å². The summed E-state index contributed by atoms with van der Waals surface area (Å²) in [6, 6.07) is -0.0976. The second-order valence-electron chi connectivity index (χ2n) is 4.01. The Hall–Kier alpha value is -0.580. The largest absolute Gasteiger partial charge is 0.323 e. The van der Waals surface area contributed by atoms with Gasteiger partial charge in [-0.3, -0.25) is 4.40 Å². The van der Waals surface area contributed by atoms with Gasteiger partial charge in [-0.05, 0) is 12.8 Å². The molecular formula is C10H14ClN3S. The van der Waals surface area contributed by atoms with E-state index in [1.165, 1.54) is 5.69 Å². The summed E-state index contributed by atoms with van der Waals surface area (Å²) in [5, 5.41) is 2.65. The maximum atomic E-state index is 6.08. The smallest absolute Gasteiger partial charge is 0.195 e. The fourth-order valence-corrected chi connectivity index (χ4v) is 3.11. The molecule has 2 rings (SSSR count). The van der Waals surface area contributed by atoms with Crippen LogP contribution in [0.1, 0.15) is 44.1 Å². The van der Waals surface area contributed by atoms with Crippen molar-refractivity contribution in [2.24, 2.45) is 5.73 Å². The van der Waals surface area contributed by atoms with Crippen molar-refractivity contribution in [1.29, 1.82) is 0 Å². The molecule has 0 spiro atoms. The quantitative estimate of drug-likeness (QED) is 0.880. The van der Waals surface area contributed by atoms with Gasteiger partial charge >= 0.3 is 0 Å². The van der Waals surface area contributed by atoms with E-state index in [4.69, 9.17) is 17.3 Å². The summed E-state index contributed by atoms with van der Waals surface area (Å²) >= 11 is 7.68. The molecule has 82 valence electrons. The molecule has 0 aliphatic carbocycles. The molecule has 0 aliphatic heterocycles. The van der Waals surface area contributed by atoms with Crippen LogP contribution in [-0.4, -0.2) is 9.38 Å². The number of rotatable bonds is 2. The zero-order chi connectivity index (χ0) is 11.2. The number of thiazole rings is 1. The zero-order valence-electron chi connectivity index (χ0n) is 8.99. The van der Waals surface area contributed by atoms with E-state index < -0.39 is 0 Å². The normalized spacial score (nSPS) is 14.0. The van der Waals surface area contributed by atoms with E-state index in [0.717, 1.165) is 10.7 Å². The van der Waals surface area contributed by atoms with Gasteiger partial charge in [0.05, 0.1) is 5.69 Å². The average Bonchev–Trinajstić information content (AvgIpc) is 2.59. The van der Waals surface area contributed by atoms with Gasteiger partial charge in [-0.2, -0.15) is 0 Å². The summed E-state index contributed by atoms with van der Waals surface area (Å²) in [6.45, 7) is 6.23. The second-order valence-corrected chi connectivity index (χ2v) is 5.20. The second kappa shape index (κ2) is 3.77. The molecule has 0 fully saturated rings. The topological polar surface area (TPSA) is 43.3 Å². The first-order chi connectivity index (χ1) is 7.02. The van der Waals surface area contributed by atoms with Gasteiger partial charge < -0.3 is 5.73 Å². The third-order valence-corrected chi connectivity index (χ3v) is 3.53. The van der Waals surface area contributed by atoms with Gasteiger partial charge in [-0.25, -0.2) is 4.98 Å². The molecule has 15 heavy (non-hydrogen) atoms. The van der Waals surface area contributed by atoms with E-state index in [9.17, 15) is 0 Å². The fourth-order valence-electron chi connectivity index (χ4n) is 1.67. The van der Waals surface area contributed by atoms with Crippen LogP contribution in [-0.2, 0) is 0 Å². The van der Waals surface area contributed by atoms with Crippen LogP contribution in [0.5, 0.6) is 0 Å². The van der Waals surface area contributed by atoms with Crippen molar-refractivity contribution in [2.75, 3.05) is 0 Å². The summed E-state index contributed by atoms with van der Waals surface area (Å²) in [5.41, 5.74) is 8.05. The average molecular weight is 244 g/mol. The lowest BCUT2D eigenvalue weighted by molar-refractivity contribution is 0.732. The minimum atomic E-state index is -0.0976. The van der Waals surface area contributed by atoms with E-state index in [-0.39, 0.29) is 6.04 Å². The highest BCUT2D eigenvalue weighted by Crippen LogP contribution is 2.30. The Morgan fingerprint density at radius 3 is 2.67 bits per heavy atom. The number of fused-ring (bicyclic) bond motifs is 1. The van der Waals surface area contributed by atoms with Crippen molar-refractivity contribution in [3.8, 4) is 0 Å². The van der Waals surface area contributed by atoms with Crippen LogP contribution < -0.4 is 5.73 Å². The highest BCUT2D eigenvalue weighted by Gasteiger charge is 2.19. The van der Waals surface area contributed by atoms with E-state index in [1.807, 2.05) is 6.92 Å². The fraction of sp³-hybridized carbons (Fsp3) is 0.500.